The number of nitrogens with one attached hydrogen (secondary N) is 1. The van der Waals surface area contributed by atoms with E-state index in [9.17, 15) is 14.0 Å². The normalized spacial score (nSPS) is 10.5. The first-order valence-corrected chi connectivity index (χ1v) is 9.52. The summed E-state index contributed by atoms with van der Waals surface area (Å²) in [5, 5.41) is 7.13. The summed E-state index contributed by atoms with van der Waals surface area (Å²) in [5.74, 6) is -1.41. The summed E-state index contributed by atoms with van der Waals surface area (Å²) < 4.78 is 18.4. The smallest absolute Gasteiger partial charge is 0.312 e. The molecule has 1 aromatic carbocycles. The zero-order valence-corrected chi connectivity index (χ0v) is 15.2. The molecule has 2 aromatic heterocycles. The topological polar surface area (TPSA) is 68.3 Å². The van der Waals surface area contributed by atoms with Crippen LogP contribution >= 0.6 is 22.7 Å². The predicted octanol–water partition coefficient (Wildman–Crippen LogP) is 3.41. The molecule has 3 aromatic rings. The average molecular weight is 390 g/mol. The number of aromatic nitrogens is 1. The second kappa shape index (κ2) is 8.68. The van der Waals surface area contributed by atoms with Gasteiger partial charge in [0.1, 0.15) is 10.8 Å². The van der Waals surface area contributed by atoms with Gasteiger partial charge >= 0.3 is 5.97 Å². The van der Waals surface area contributed by atoms with Crippen LogP contribution in [0.15, 0.2) is 47.2 Å². The Labute approximate surface area is 157 Å². The van der Waals surface area contributed by atoms with Crippen molar-refractivity contribution in [3.63, 3.8) is 0 Å². The van der Waals surface area contributed by atoms with Gasteiger partial charge in [0.05, 0.1) is 17.0 Å². The minimum absolute atomic E-state index is 0.00245. The molecule has 0 bridgehead atoms. The molecule has 0 radical (unpaired) electrons. The van der Waals surface area contributed by atoms with Crippen LogP contribution in [0.25, 0.3) is 9.88 Å². The van der Waals surface area contributed by atoms with E-state index in [0.29, 0.717) is 11.3 Å². The van der Waals surface area contributed by atoms with Gasteiger partial charge in [0, 0.05) is 17.5 Å². The zero-order chi connectivity index (χ0) is 18.4. The maximum absolute atomic E-state index is 13.5. The van der Waals surface area contributed by atoms with E-state index in [0.717, 1.165) is 9.88 Å². The minimum atomic E-state index is -0.533. The van der Waals surface area contributed by atoms with Crippen LogP contribution in [0.1, 0.15) is 11.3 Å². The molecular formula is C18H15FN2O3S2. The van der Waals surface area contributed by atoms with E-state index in [4.69, 9.17) is 4.74 Å². The van der Waals surface area contributed by atoms with Crippen molar-refractivity contribution in [2.75, 3.05) is 6.61 Å². The molecule has 0 fully saturated rings. The number of halogens is 1. The van der Waals surface area contributed by atoms with Gasteiger partial charge in [0.25, 0.3) is 5.91 Å². The molecule has 0 aliphatic carbocycles. The van der Waals surface area contributed by atoms with Gasteiger partial charge in [-0.05, 0) is 17.5 Å². The van der Waals surface area contributed by atoms with Crippen LogP contribution in [0.5, 0.6) is 0 Å². The highest BCUT2D eigenvalue weighted by Gasteiger charge is 2.12. The Morgan fingerprint density at radius 2 is 2.00 bits per heavy atom. The van der Waals surface area contributed by atoms with Crippen LogP contribution < -0.4 is 5.32 Å². The van der Waals surface area contributed by atoms with Crippen LogP contribution in [0, 0.1) is 5.82 Å². The molecule has 0 spiro atoms. The van der Waals surface area contributed by atoms with Gasteiger partial charge in [0.2, 0.25) is 0 Å². The van der Waals surface area contributed by atoms with E-state index < -0.39 is 24.3 Å². The zero-order valence-electron chi connectivity index (χ0n) is 13.6. The highest BCUT2D eigenvalue weighted by atomic mass is 32.1. The molecule has 0 unspecified atom stereocenters. The van der Waals surface area contributed by atoms with Crippen molar-refractivity contribution in [2.24, 2.45) is 0 Å². The number of rotatable bonds is 7. The van der Waals surface area contributed by atoms with E-state index >= 15 is 0 Å². The largest absolute Gasteiger partial charge is 0.455 e. The Hall–Kier alpha value is -2.58. The number of esters is 1. The molecule has 0 saturated carbocycles. The van der Waals surface area contributed by atoms with Crippen molar-refractivity contribution in [2.45, 2.75) is 13.0 Å². The average Bonchev–Trinajstić information content (AvgIpc) is 3.30. The van der Waals surface area contributed by atoms with Crippen LogP contribution in [0.2, 0.25) is 0 Å². The fraction of sp³-hybridized carbons (Fsp3) is 0.167. The lowest BCUT2D eigenvalue weighted by atomic mass is 10.2. The third-order valence-corrected chi connectivity index (χ3v) is 5.34. The maximum Gasteiger partial charge on any atom is 0.312 e. The van der Waals surface area contributed by atoms with Crippen LogP contribution in [-0.2, 0) is 27.3 Å². The minimum Gasteiger partial charge on any atom is -0.455 e. The van der Waals surface area contributed by atoms with Gasteiger partial charge in [-0.3, -0.25) is 9.59 Å². The van der Waals surface area contributed by atoms with Crippen molar-refractivity contribution in [1.82, 2.24) is 10.3 Å². The Morgan fingerprint density at radius 3 is 2.77 bits per heavy atom. The summed E-state index contributed by atoms with van der Waals surface area (Å²) in [7, 11) is 0. The van der Waals surface area contributed by atoms with E-state index in [1.54, 1.807) is 34.9 Å². The van der Waals surface area contributed by atoms with Crippen molar-refractivity contribution in [3.05, 3.63) is 64.2 Å². The standard InChI is InChI=1S/C18H15FN2O3S2/c19-14-5-2-1-4-12(14)9-20-16(22)10-24-17(23)8-13-11-26-18(21-13)15-6-3-7-25-15/h1-7,11H,8-10H2,(H,20,22). The number of nitrogens with zero attached hydrogens (tertiary/aromatic N) is 1. The molecule has 26 heavy (non-hydrogen) atoms. The lowest BCUT2D eigenvalue weighted by Gasteiger charge is -2.07. The van der Waals surface area contributed by atoms with E-state index in [2.05, 4.69) is 10.3 Å². The summed E-state index contributed by atoms with van der Waals surface area (Å²) in [5.41, 5.74) is 0.978. The lowest BCUT2D eigenvalue weighted by molar-refractivity contribution is -0.147. The first kappa shape index (κ1) is 18.2. The quantitative estimate of drug-likeness (QED) is 0.628. The summed E-state index contributed by atoms with van der Waals surface area (Å²) in [6.07, 6.45) is 0.00245. The molecule has 134 valence electrons. The lowest BCUT2D eigenvalue weighted by Crippen LogP contribution is -2.29. The van der Waals surface area contributed by atoms with Crippen molar-refractivity contribution in [1.29, 1.82) is 0 Å². The molecule has 5 nitrogen and oxygen atoms in total. The van der Waals surface area contributed by atoms with E-state index in [-0.39, 0.29) is 13.0 Å². The molecule has 2 heterocycles. The van der Waals surface area contributed by atoms with Gasteiger partial charge in [-0.25, -0.2) is 9.37 Å². The summed E-state index contributed by atoms with van der Waals surface area (Å²) >= 11 is 3.04. The van der Waals surface area contributed by atoms with Crippen LogP contribution in [0.3, 0.4) is 0 Å². The number of benzene rings is 1. The van der Waals surface area contributed by atoms with Gasteiger partial charge in [0.15, 0.2) is 6.61 Å². The molecule has 0 aliphatic heterocycles. The number of ether oxygens (including phenoxy) is 1. The third-order valence-electron chi connectivity index (χ3n) is 3.41. The van der Waals surface area contributed by atoms with Crippen molar-refractivity contribution < 1.29 is 18.7 Å². The number of carbonyl (C=O) groups is 2. The Balaban J connectivity index is 1.42. The SMILES string of the molecule is O=C(COC(=O)Cc1csc(-c2cccs2)n1)NCc1ccccc1F. The summed E-state index contributed by atoms with van der Waals surface area (Å²) in [6, 6.07) is 10.1. The highest BCUT2D eigenvalue weighted by molar-refractivity contribution is 7.20. The van der Waals surface area contributed by atoms with E-state index in [1.807, 2.05) is 17.5 Å². The Kier molecular flexibility index (Phi) is 6.08. The van der Waals surface area contributed by atoms with E-state index in [1.165, 1.54) is 17.4 Å². The first-order chi connectivity index (χ1) is 12.6. The first-order valence-electron chi connectivity index (χ1n) is 7.76. The van der Waals surface area contributed by atoms with Crippen LogP contribution in [0.4, 0.5) is 4.39 Å². The molecule has 0 atom stereocenters. The number of thiophene rings is 1. The maximum atomic E-state index is 13.5. The predicted molar refractivity (Wildman–Crippen MR) is 98.3 cm³/mol. The molecule has 1 N–H and O–H groups in total. The van der Waals surface area contributed by atoms with Gasteiger partial charge in [-0.15, -0.1) is 22.7 Å². The van der Waals surface area contributed by atoms with Gasteiger partial charge < -0.3 is 10.1 Å². The molecular weight excluding hydrogens is 375 g/mol. The van der Waals surface area contributed by atoms with Gasteiger partial charge in [-0.2, -0.15) is 0 Å². The summed E-state index contributed by atoms with van der Waals surface area (Å²) in [4.78, 5) is 29.0. The Bertz CT molecular complexity index is 893. The number of carbonyl (C=O) groups excluding carboxylic acids is 2. The highest BCUT2D eigenvalue weighted by Crippen LogP contribution is 2.27. The molecule has 0 aliphatic rings. The fourth-order valence-electron chi connectivity index (χ4n) is 2.13. The second-order valence-electron chi connectivity index (χ2n) is 5.33. The second-order valence-corrected chi connectivity index (χ2v) is 7.13. The monoisotopic (exact) mass is 390 g/mol. The number of hydrogen-bond acceptors (Lipinski definition) is 6. The molecule has 0 saturated heterocycles. The number of thiazole rings is 1. The number of hydrogen-bond donors (Lipinski definition) is 1. The molecule has 1 amide bonds. The number of amides is 1. The third kappa shape index (κ3) is 4.96. The fourth-order valence-corrected chi connectivity index (χ4v) is 3.77. The van der Waals surface area contributed by atoms with Gasteiger partial charge in [-0.1, -0.05) is 24.3 Å². The molecule has 8 heteroatoms. The summed E-state index contributed by atoms with van der Waals surface area (Å²) in [6.45, 7) is -0.367. The molecule has 3 rings (SSSR count). The van der Waals surface area contributed by atoms with Crippen molar-refractivity contribution >= 4 is 34.6 Å². The Morgan fingerprint density at radius 1 is 1.15 bits per heavy atom. The van der Waals surface area contributed by atoms with Crippen molar-refractivity contribution in [3.8, 4) is 9.88 Å². The van der Waals surface area contributed by atoms with Crippen LogP contribution in [-0.4, -0.2) is 23.5 Å².